The van der Waals surface area contributed by atoms with Gasteiger partial charge < -0.3 is 24.8 Å². The van der Waals surface area contributed by atoms with Crippen molar-refractivity contribution in [1.29, 1.82) is 0 Å². The Bertz CT molecular complexity index is 1580. The van der Waals surface area contributed by atoms with Crippen LogP contribution in [0.25, 0.3) is 11.2 Å². The number of nitrogens with one attached hydrogen (secondary N) is 2. The number of imidazole rings is 1. The summed E-state index contributed by atoms with van der Waals surface area (Å²) in [5.74, 6) is 0.869. The molecule has 3 heterocycles. The first-order valence-corrected chi connectivity index (χ1v) is 12.8. The SMILES string of the molecule is FC(F)(F)c1ccc(Cn2cnc3c(Nc4ccccc4)nc(Nc4ccc(N5CCOCC5)cc4)nc32)cc1. The summed E-state index contributed by atoms with van der Waals surface area (Å²) in [5.41, 5.74) is 3.86. The maximum atomic E-state index is 13.0. The lowest BCUT2D eigenvalue weighted by Gasteiger charge is -2.28. The highest BCUT2D eigenvalue weighted by atomic mass is 19.4. The molecule has 2 aromatic heterocycles. The quantitative estimate of drug-likeness (QED) is 0.251. The molecule has 0 unspecified atom stereocenters. The van der Waals surface area contributed by atoms with Gasteiger partial charge in [0.2, 0.25) is 5.95 Å². The zero-order valence-corrected chi connectivity index (χ0v) is 21.4. The molecule has 1 fully saturated rings. The van der Waals surface area contributed by atoms with Crippen LogP contribution in [0, 0.1) is 0 Å². The normalized spacial score (nSPS) is 13.9. The van der Waals surface area contributed by atoms with Gasteiger partial charge in [-0.1, -0.05) is 30.3 Å². The molecular weight excluding hydrogens is 519 g/mol. The Morgan fingerprint density at radius 3 is 2.20 bits per heavy atom. The van der Waals surface area contributed by atoms with Gasteiger partial charge in [-0.25, -0.2) is 4.98 Å². The van der Waals surface area contributed by atoms with E-state index in [2.05, 4.69) is 20.5 Å². The first kappa shape index (κ1) is 25.6. The number of hydrogen-bond donors (Lipinski definition) is 2. The topological polar surface area (TPSA) is 80.1 Å². The van der Waals surface area contributed by atoms with Crippen LogP contribution >= 0.6 is 0 Å². The number of morpholine rings is 1. The summed E-state index contributed by atoms with van der Waals surface area (Å²) in [6.07, 6.45) is -2.76. The molecule has 1 saturated heterocycles. The number of ether oxygens (including phenoxy) is 1. The number of anilines is 5. The summed E-state index contributed by atoms with van der Waals surface area (Å²) in [6.45, 7) is 3.43. The minimum Gasteiger partial charge on any atom is -0.378 e. The van der Waals surface area contributed by atoms with Gasteiger partial charge in [0.1, 0.15) is 0 Å². The number of rotatable bonds is 7. The fourth-order valence-corrected chi connectivity index (χ4v) is 4.56. The fraction of sp³-hybridized carbons (Fsp3) is 0.207. The molecule has 0 atom stereocenters. The van der Waals surface area contributed by atoms with Crippen molar-refractivity contribution >= 4 is 40.0 Å². The smallest absolute Gasteiger partial charge is 0.378 e. The average molecular weight is 546 g/mol. The van der Waals surface area contributed by atoms with Crippen LogP contribution in [-0.2, 0) is 17.5 Å². The minimum atomic E-state index is -4.38. The first-order chi connectivity index (χ1) is 19.4. The Kier molecular flexibility index (Phi) is 6.95. The van der Waals surface area contributed by atoms with Crippen LogP contribution < -0.4 is 15.5 Å². The predicted octanol–water partition coefficient (Wildman–Crippen LogP) is 6.22. The summed E-state index contributed by atoms with van der Waals surface area (Å²) < 4.78 is 46.3. The van der Waals surface area contributed by atoms with Crippen LogP contribution in [-0.4, -0.2) is 45.8 Å². The summed E-state index contributed by atoms with van der Waals surface area (Å²) in [7, 11) is 0. The number of para-hydroxylation sites is 1. The molecule has 3 aromatic carbocycles. The Morgan fingerprint density at radius 2 is 1.50 bits per heavy atom. The van der Waals surface area contributed by atoms with Crippen molar-refractivity contribution in [2.75, 3.05) is 41.8 Å². The maximum Gasteiger partial charge on any atom is 0.416 e. The molecule has 5 aromatic rings. The second-order valence-electron chi connectivity index (χ2n) is 9.40. The fourth-order valence-electron chi connectivity index (χ4n) is 4.56. The van der Waals surface area contributed by atoms with E-state index in [0.29, 0.717) is 48.3 Å². The number of aromatic nitrogens is 4. The Hall–Kier alpha value is -4.64. The zero-order valence-electron chi connectivity index (χ0n) is 21.4. The minimum absolute atomic E-state index is 0.296. The maximum absolute atomic E-state index is 13.0. The molecule has 40 heavy (non-hydrogen) atoms. The third-order valence-corrected chi connectivity index (χ3v) is 6.63. The molecule has 204 valence electrons. The molecule has 0 amide bonds. The summed E-state index contributed by atoms with van der Waals surface area (Å²) >= 11 is 0. The van der Waals surface area contributed by atoms with Crippen LogP contribution in [0.1, 0.15) is 11.1 Å². The van der Waals surface area contributed by atoms with Gasteiger partial charge >= 0.3 is 6.18 Å². The van der Waals surface area contributed by atoms with Crippen molar-refractivity contribution in [3.63, 3.8) is 0 Å². The summed E-state index contributed by atoms with van der Waals surface area (Å²) in [4.78, 5) is 16.2. The number of hydrogen-bond acceptors (Lipinski definition) is 7. The standard InChI is InChI=1S/C29H26F3N7O/c30-29(31,32)21-8-6-20(7-9-21)18-39-19-33-25-26(34-22-4-2-1-3-5-22)36-28(37-27(25)39)35-23-10-12-24(13-11-23)38-14-16-40-17-15-38/h1-13,19H,14-18H2,(H2,34,35,36,37). The molecule has 8 nitrogen and oxygen atoms in total. The van der Waals surface area contributed by atoms with E-state index in [1.165, 1.54) is 12.1 Å². The van der Waals surface area contributed by atoms with Crippen LogP contribution in [0.15, 0.2) is 85.2 Å². The average Bonchev–Trinajstić information content (AvgIpc) is 3.37. The molecule has 6 rings (SSSR count). The summed E-state index contributed by atoms with van der Waals surface area (Å²) in [6, 6.07) is 22.7. The van der Waals surface area contributed by atoms with E-state index in [1.54, 1.807) is 10.9 Å². The van der Waals surface area contributed by atoms with E-state index in [1.807, 2.05) is 54.6 Å². The monoisotopic (exact) mass is 545 g/mol. The van der Waals surface area contributed by atoms with Gasteiger partial charge in [0.25, 0.3) is 0 Å². The number of nitrogens with zero attached hydrogens (tertiary/aromatic N) is 5. The van der Waals surface area contributed by atoms with Crippen LogP contribution in [0.5, 0.6) is 0 Å². The molecule has 0 spiro atoms. The largest absolute Gasteiger partial charge is 0.416 e. The molecular formula is C29H26F3N7O. The van der Waals surface area contributed by atoms with Gasteiger partial charge in [0.05, 0.1) is 31.6 Å². The van der Waals surface area contributed by atoms with Gasteiger partial charge in [-0.15, -0.1) is 0 Å². The predicted molar refractivity (Wildman–Crippen MR) is 148 cm³/mol. The highest BCUT2D eigenvalue weighted by molar-refractivity contribution is 5.87. The number of benzene rings is 3. The third kappa shape index (κ3) is 5.69. The number of alkyl halides is 3. The molecule has 0 aliphatic carbocycles. The summed E-state index contributed by atoms with van der Waals surface area (Å²) in [5, 5.41) is 6.60. The Balaban J connectivity index is 1.31. The van der Waals surface area contributed by atoms with Gasteiger partial charge in [0.15, 0.2) is 17.0 Å². The van der Waals surface area contributed by atoms with Gasteiger partial charge in [-0.2, -0.15) is 23.1 Å². The van der Waals surface area contributed by atoms with E-state index in [-0.39, 0.29) is 0 Å². The number of fused-ring (bicyclic) bond motifs is 1. The lowest BCUT2D eigenvalue weighted by Crippen LogP contribution is -2.36. The van der Waals surface area contributed by atoms with Gasteiger partial charge in [0, 0.05) is 30.2 Å². The van der Waals surface area contributed by atoms with E-state index < -0.39 is 11.7 Å². The van der Waals surface area contributed by atoms with Crippen molar-refractivity contribution in [3.05, 3.63) is 96.3 Å². The Labute approximate surface area is 228 Å². The second kappa shape index (κ2) is 10.9. The molecule has 1 aliphatic heterocycles. The molecule has 0 radical (unpaired) electrons. The van der Waals surface area contributed by atoms with Crippen molar-refractivity contribution in [2.45, 2.75) is 12.7 Å². The zero-order chi connectivity index (χ0) is 27.5. The van der Waals surface area contributed by atoms with Crippen LogP contribution in [0.2, 0.25) is 0 Å². The van der Waals surface area contributed by atoms with E-state index in [4.69, 9.17) is 14.7 Å². The lowest BCUT2D eigenvalue weighted by molar-refractivity contribution is -0.137. The molecule has 0 bridgehead atoms. The Morgan fingerprint density at radius 1 is 0.800 bits per heavy atom. The van der Waals surface area contributed by atoms with Crippen molar-refractivity contribution in [3.8, 4) is 0 Å². The van der Waals surface area contributed by atoms with Gasteiger partial charge in [-0.3, -0.25) is 0 Å². The van der Waals surface area contributed by atoms with E-state index in [9.17, 15) is 13.2 Å². The molecule has 1 aliphatic rings. The molecule has 0 saturated carbocycles. The van der Waals surface area contributed by atoms with Gasteiger partial charge in [-0.05, 0) is 54.1 Å². The lowest BCUT2D eigenvalue weighted by atomic mass is 10.1. The van der Waals surface area contributed by atoms with Crippen molar-refractivity contribution < 1.29 is 17.9 Å². The second-order valence-corrected chi connectivity index (χ2v) is 9.40. The first-order valence-electron chi connectivity index (χ1n) is 12.8. The highest BCUT2D eigenvalue weighted by Gasteiger charge is 2.30. The molecule has 11 heteroatoms. The molecule has 2 N–H and O–H groups in total. The van der Waals surface area contributed by atoms with E-state index >= 15 is 0 Å². The third-order valence-electron chi connectivity index (χ3n) is 6.63. The van der Waals surface area contributed by atoms with Crippen molar-refractivity contribution in [2.24, 2.45) is 0 Å². The van der Waals surface area contributed by atoms with Crippen LogP contribution in [0.3, 0.4) is 0 Å². The van der Waals surface area contributed by atoms with Crippen molar-refractivity contribution in [1.82, 2.24) is 19.5 Å². The van der Waals surface area contributed by atoms with E-state index in [0.717, 1.165) is 42.3 Å². The number of halogens is 3. The van der Waals surface area contributed by atoms with Crippen LogP contribution in [0.4, 0.5) is 42.0 Å². The highest BCUT2D eigenvalue weighted by Crippen LogP contribution is 2.30.